The number of nitrogen functional groups attached to an aromatic ring is 1. The summed E-state index contributed by atoms with van der Waals surface area (Å²) in [5, 5.41) is 6.69. The third-order valence-corrected chi connectivity index (χ3v) is 4.59. The SMILES string of the molecule is NNc1nc(Nc2ccccc2)nc(NCCc2ccncc2)c1-c1ccccc1. The summed E-state index contributed by atoms with van der Waals surface area (Å²) in [6.45, 7) is 0.704. The number of hydrogen-bond acceptors (Lipinski definition) is 7. The van der Waals surface area contributed by atoms with Gasteiger partial charge >= 0.3 is 0 Å². The molecule has 0 aliphatic carbocycles. The number of aromatic nitrogens is 3. The zero-order valence-corrected chi connectivity index (χ0v) is 16.4. The number of benzene rings is 2. The molecule has 2 aromatic heterocycles. The maximum absolute atomic E-state index is 5.84. The average Bonchev–Trinajstić information content (AvgIpc) is 2.81. The molecule has 0 spiro atoms. The number of para-hydroxylation sites is 1. The summed E-state index contributed by atoms with van der Waals surface area (Å²) >= 11 is 0. The summed E-state index contributed by atoms with van der Waals surface area (Å²) < 4.78 is 0. The highest BCUT2D eigenvalue weighted by Crippen LogP contribution is 2.34. The third-order valence-electron chi connectivity index (χ3n) is 4.59. The molecule has 2 heterocycles. The van der Waals surface area contributed by atoms with Crippen molar-refractivity contribution < 1.29 is 0 Å². The number of hydrogen-bond donors (Lipinski definition) is 4. The zero-order chi connectivity index (χ0) is 20.6. The second-order valence-corrected chi connectivity index (χ2v) is 6.65. The molecule has 0 amide bonds. The maximum Gasteiger partial charge on any atom is 0.231 e. The van der Waals surface area contributed by atoms with E-state index in [2.05, 4.69) is 26.0 Å². The van der Waals surface area contributed by atoms with E-state index in [1.807, 2.05) is 72.8 Å². The first-order chi connectivity index (χ1) is 14.8. The topological polar surface area (TPSA) is 101 Å². The van der Waals surface area contributed by atoms with Gasteiger partial charge in [0.25, 0.3) is 0 Å². The van der Waals surface area contributed by atoms with Crippen molar-refractivity contribution in [1.82, 2.24) is 15.0 Å². The molecule has 4 rings (SSSR count). The van der Waals surface area contributed by atoms with Crippen molar-refractivity contribution in [2.75, 3.05) is 22.6 Å². The van der Waals surface area contributed by atoms with E-state index >= 15 is 0 Å². The Kier molecular flexibility index (Phi) is 6.12. The van der Waals surface area contributed by atoms with Crippen LogP contribution in [0.15, 0.2) is 85.2 Å². The van der Waals surface area contributed by atoms with Crippen LogP contribution in [0.1, 0.15) is 5.56 Å². The van der Waals surface area contributed by atoms with Gasteiger partial charge < -0.3 is 16.1 Å². The molecule has 7 nitrogen and oxygen atoms in total. The van der Waals surface area contributed by atoms with Crippen LogP contribution >= 0.6 is 0 Å². The summed E-state index contributed by atoms with van der Waals surface area (Å²) in [6.07, 6.45) is 4.44. The number of nitrogens with zero attached hydrogens (tertiary/aromatic N) is 3. The van der Waals surface area contributed by atoms with Crippen LogP contribution in [-0.2, 0) is 6.42 Å². The molecule has 0 saturated heterocycles. The lowest BCUT2D eigenvalue weighted by Crippen LogP contribution is -2.15. The molecule has 0 aliphatic heterocycles. The lowest BCUT2D eigenvalue weighted by molar-refractivity contribution is 0.995. The van der Waals surface area contributed by atoms with Crippen LogP contribution in [0.2, 0.25) is 0 Å². The van der Waals surface area contributed by atoms with E-state index in [0.29, 0.717) is 24.1 Å². The van der Waals surface area contributed by atoms with Gasteiger partial charge in [-0.3, -0.25) is 4.98 Å². The van der Waals surface area contributed by atoms with Gasteiger partial charge in [-0.25, -0.2) is 5.84 Å². The zero-order valence-electron chi connectivity index (χ0n) is 16.4. The van der Waals surface area contributed by atoms with Crippen molar-refractivity contribution in [1.29, 1.82) is 0 Å². The minimum absolute atomic E-state index is 0.459. The van der Waals surface area contributed by atoms with Gasteiger partial charge in [-0.1, -0.05) is 48.5 Å². The van der Waals surface area contributed by atoms with Gasteiger partial charge in [-0.15, -0.1) is 0 Å². The lowest BCUT2D eigenvalue weighted by atomic mass is 10.1. The largest absolute Gasteiger partial charge is 0.369 e. The molecule has 0 atom stereocenters. The summed E-state index contributed by atoms with van der Waals surface area (Å²) in [4.78, 5) is 13.4. The minimum Gasteiger partial charge on any atom is -0.369 e. The van der Waals surface area contributed by atoms with Crippen LogP contribution < -0.4 is 21.9 Å². The third kappa shape index (κ3) is 4.71. The highest BCUT2D eigenvalue weighted by atomic mass is 15.3. The van der Waals surface area contributed by atoms with Gasteiger partial charge in [0.1, 0.15) is 5.82 Å². The fraction of sp³-hybridized carbons (Fsp3) is 0.0870. The fourth-order valence-corrected chi connectivity index (χ4v) is 3.15. The number of pyridine rings is 1. The monoisotopic (exact) mass is 397 g/mol. The fourth-order valence-electron chi connectivity index (χ4n) is 3.15. The molecule has 0 bridgehead atoms. The van der Waals surface area contributed by atoms with E-state index in [9.17, 15) is 0 Å². The summed E-state index contributed by atoms with van der Waals surface area (Å²) in [6, 6.07) is 23.8. The molecule has 4 aromatic rings. The van der Waals surface area contributed by atoms with Gasteiger partial charge in [-0.2, -0.15) is 9.97 Å². The molecule has 5 N–H and O–H groups in total. The van der Waals surface area contributed by atoms with Crippen LogP contribution in [-0.4, -0.2) is 21.5 Å². The first-order valence-electron chi connectivity index (χ1n) is 9.72. The molecule has 0 aliphatic rings. The molecular formula is C23H23N7. The summed E-state index contributed by atoms with van der Waals surface area (Å²) in [5.74, 6) is 7.54. The van der Waals surface area contributed by atoms with E-state index < -0.39 is 0 Å². The maximum atomic E-state index is 5.84. The van der Waals surface area contributed by atoms with Crippen LogP contribution in [0.25, 0.3) is 11.1 Å². The van der Waals surface area contributed by atoms with E-state index in [0.717, 1.165) is 23.2 Å². The second kappa shape index (κ2) is 9.49. The van der Waals surface area contributed by atoms with E-state index in [4.69, 9.17) is 10.8 Å². The Bertz CT molecular complexity index is 1070. The van der Waals surface area contributed by atoms with Crippen molar-refractivity contribution in [3.8, 4) is 11.1 Å². The molecule has 0 saturated carbocycles. The molecule has 150 valence electrons. The van der Waals surface area contributed by atoms with Crippen LogP contribution in [0, 0.1) is 0 Å². The Morgan fingerprint density at radius 3 is 2.13 bits per heavy atom. The van der Waals surface area contributed by atoms with Crippen molar-refractivity contribution in [3.05, 3.63) is 90.8 Å². The quantitative estimate of drug-likeness (QED) is 0.261. The van der Waals surface area contributed by atoms with Crippen LogP contribution in [0.5, 0.6) is 0 Å². The Morgan fingerprint density at radius 1 is 0.767 bits per heavy atom. The Balaban J connectivity index is 1.66. The highest BCUT2D eigenvalue weighted by molar-refractivity contribution is 5.85. The molecule has 7 heteroatoms. The highest BCUT2D eigenvalue weighted by Gasteiger charge is 2.16. The molecule has 0 radical (unpaired) electrons. The van der Waals surface area contributed by atoms with Gasteiger partial charge in [0.05, 0.1) is 5.56 Å². The second-order valence-electron chi connectivity index (χ2n) is 6.65. The number of rotatable bonds is 8. The van der Waals surface area contributed by atoms with Crippen LogP contribution in [0.4, 0.5) is 23.3 Å². The van der Waals surface area contributed by atoms with Crippen molar-refractivity contribution in [3.63, 3.8) is 0 Å². The average molecular weight is 397 g/mol. The molecule has 2 aromatic carbocycles. The van der Waals surface area contributed by atoms with E-state index in [1.54, 1.807) is 12.4 Å². The lowest BCUT2D eigenvalue weighted by Gasteiger charge is -2.17. The Labute approximate surface area is 175 Å². The molecule has 0 fully saturated rings. The molecule has 30 heavy (non-hydrogen) atoms. The Hall–Kier alpha value is -3.97. The van der Waals surface area contributed by atoms with Crippen LogP contribution in [0.3, 0.4) is 0 Å². The standard InChI is InChI=1S/C23H23N7/c24-30-22-20(18-7-3-1-4-8-18)21(26-16-13-17-11-14-25-15-12-17)28-23(29-22)27-19-9-5-2-6-10-19/h1-12,14-15H,13,16,24H2,(H3,26,27,28,29,30). The van der Waals surface area contributed by atoms with Crippen molar-refractivity contribution in [2.45, 2.75) is 6.42 Å². The summed E-state index contributed by atoms with van der Waals surface area (Å²) in [7, 11) is 0. The summed E-state index contributed by atoms with van der Waals surface area (Å²) in [5.41, 5.74) is 6.63. The number of nitrogens with one attached hydrogen (secondary N) is 3. The number of anilines is 4. The normalized spacial score (nSPS) is 10.4. The van der Waals surface area contributed by atoms with E-state index in [-0.39, 0.29) is 0 Å². The van der Waals surface area contributed by atoms with E-state index in [1.165, 1.54) is 5.56 Å². The Morgan fingerprint density at radius 2 is 1.43 bits per heavy atom. The number of hydrazine groups is 1. The first-order valence-corrected chi connectivity index (χ1v) is 9.72. The predicted molar refractivity (Wildman–Crippen MR) is 121 cm³/mol. The minimum atomic E-state index is 0.459. The smallest absolute Gasteiger partial charge is 0.231 e. The van der Waals surface area contributed by atoms with Gasteiger partial charge in [0, 0.05) is 24.6 Å². The molecular weight excluding hydrogens is 374 g/mol. The van der Waals surface area contributed by atoms with Gasteiger partial charge in [0.2, 0.25) is 5.95 Å². The van der Waals surface area contributed by atoms with Crippen molar-refractivity contribution in [2.24, 2.45) is 5.84 Å². The van der Waals surface area contributed by atoms with Gasteiger partial charge in [-0.05, 0) is 41.8 Å². The number of nitrogens with two attached hydrogens (primary N) is 1. The first kappa shape index (κ1) is 19.4. The van der Waals surface area contributed by atoms with Gasteiger partial charge in [0.15, 0.2) is 5.82 Å². The predicted octanol–water partition coefficient (Wildman–Crippen LogP) is 4.22. The molecule has 0 unspecified atom stereocenters. The van der Waals surface area contributed by atoms with Crippen molar-refractivity contribution >= 4 is 23.3 Å².